The summed E-state index contributed by atoms with van der Waals surface area (Å²) >= 11 is 0. The predicted octanol–water partition coefficient (Wildman–Crippen LogP) is 5.94. The molecule has 13 aliphatic heterocycles. The molecule has 39 heteroatoms. The van der Waals surface area contributed by atoms with Gasteiger partial charge in [0.05, 0.1) is 33.0 Å². The molecule has 740 valence electrons. The van der Waals surface area contributed by atoms with E-state index in [-0.39, 0.29) is 129 Å². The van der Waals surface area contributed by atoms with Gasteiger partial charge in [0.15, 0.2) is 77.7 Å². The lowest BCUT2D eigenvalue weighted by atomic mass is 9.99. The topological polar surface area (TPSA) is 480 Å². The number of carbonyl (C=O) groups excluding carboxylic acids is 3. The average molecular weight is 1830 g/mol. The van der Waals surface area contributed by atoms with Crippen molar-refractivity contribution >= 4 is 24.1 Å². The molecule has 2 amide bonds. The van der Waals surface area contributed by atoms with E-state index >= 15 is 0 Å². The number of ether oxygens (including phenoxy) is 26. The molecular formula is C88H157N3O36. The van der Waals surface area contributed by atoms with E-state index in [1.54, 1.807) is 7.05 Å². The van der Waals surface area contributed by atoms with Crippen LogP contribution in [0.25, 0.3) is 0 Å². The number of unbranched alkanes of at least 4 members (excludes halogenated alkanes) is 13. The van der Waals surface area contributed by atoms with E-state index in [2.05, 4.69) is 16.4 Å². The molecule has 25 unspecified atom stereocenters. The number of fused-ring (bicyclic) bond motifs is 4. The Hall–Kier alpha value is -3.20. The molecule has 0 aromatic heterocycles. The summed E-state index contributed by atoms with van der Waals surface area (Å²) < 4.78 is 153. The molecule has 0 bridgehead atoms. The number of hydrogen-bond donors (Lipinski definition) is 9. The molecule has 0 aromatic rings. The number of nitrogens with one attached hydrogen (secondary N) is 2. The second-order valence-corrected chi connectivity index (χ2v) is 37.4. The maximum atomic E-state index is 11.0. The normalized spacial score (nSPS) is 36.4. The zero-order valence-corrected chi connectivity index (χ0v) is 78.6. The third kappa shape index (κ3) is 33.9. The van der Waals surface area contributed by atoms with Gasteiger partial charge in [-0.15, -0.1) is 0 Å². The van der Waals surface area contributed by atoms with Gasteiger partial charge in [0.1, 0.15) is 128 Å². The number of aliphatic hydroxyl groups excluding tert-OH is 5. The van der Waals surface area contributed by atoms with Crippen LogP contribution in [0.3, 0.4) is 0 Å². The Balaban J connectivity index is 0.000000196. The van der Waals surface area contributed by atoms with E-state index in [1.165, 1.54) is 14.0 Å². The summed E-state index contributed by atoms with van der Waals surface area (Å²) in [6, 6.07) is 0. The highest BCUT2D eigenvalue weighted by atomic mass is 16.9. The molecule has 13 fully saturated rings. The average Bonchev–Trinajstić information content (AvgIpc) is 1.62. The van der Waals surface area contributed by atoms with Crippen LogP contribution in [0.15, 0.2) is 0 Å². The Morgan fingerprint density at radius 1 is 0.378 bits per heavy atom. The Kier molecular flexibility index (Phi) is 43.5. The summed E-state index contributed by atoms with van der Waals surface area (Å²) in [5, 5.41) is 61.0. The van der Waals surface area contributed by atoms with Crippen molar-refractivity contribution in [2.24, 2.45) is 5.73 Å². The van der Waals surface area contributed by atoms with Gasteiger partial charge in [0.2, 0.25) is 11.8 Å². The largest absolute Gasteiger partial charge is 0.481 e. The van der Waals surface area contributed by atoms with Crippen molar-refractivity contribution in [2.75, 3.05) is 93.3 Å². The van der Waals surface area contributed by atoms with E-state index in [0.29, 0.717) is 85.1 Å². The SMILES string of the molecule is CC(=O)NCCCCCOC1C(C2COC(C)(C)O2)OC2OC(C)(C)OC21.CC1(C)OCC(C2OC3OC(C)(C)OC3C2OCCCCCC(=O)O)O1.CC1(C)OCC(C2OC3OC(C)(C)OC3C2OCCCCCCC=O)O1.CC1(C)OCC(C2OC3OC(C)(C)OC3C2OCCCCCCO)O1.CN.CNC(=O)CCCCCOC1C(O)C(O)OC(CO)C1O. The van der Waals surface area contributed by atoms with E-state index < -0.39 is 115 Å². The highest BCUT2D eigenvalue weighted by molar-refractivity contribution is 5.75. The van der Waals surface area contributed by atoms with Gasteiger partial charge in [0.25, 0.3) is 0 Å². The summed E-state index contributed by atoms with van der Waals surface area (Å²) in [5.41, 5.74) is 4.50. The molecule has 13 heterocycles. The van der Waals surface area contributed by atoms with Gasteiger partial charge in [-0.2, -0.15) is 0 Å². The molecule has 0 aliphatic carbocycles. The van der Waals surface area contributed by atoms with E-state index in [4.69, 9.17) is 138 Å². The number of aliphatic hydroxyl groups is 5. The second-order valence-electron chi connectivity index (χ2n) is 37.4. The first-order valence-electron chi connectivity index (χ1n) is 46.0. The molecule has 0 spiro atoms. The van der Waals surface area contributed by atoms with Crippen LogP contribution in [-0.4, -0.2) is 348 Å². The molecule has 25 atom stereocenters. The van der Waals surface area contributed by atoms with Crippen molar-refractivity contribution in [3.05, 3.63) is 0 Å². The minimum absolute atomic E-state index is 0.00550. The number of carbonyl (C=O) groups is 4. The zero-order chi connectivity index (χ0) is 93.3. The minimum Gasteiger partial charge on any atom is -0.481 e. The number of aldehydes is 1. The Morgan fingerprint density at radius 2 is 0.685 bits per heavy atom. The Morgan fingerprint density at radius 3 is 0.976 bits per heavy atom. The van der Waals surface area contributed by atoms with E-state index in [1.807, 2.05) is 111 Å². The van der Waals surface area contributed by atoms with Gasteiger partial charge >= 0.3 is 5.97 Å². The Labute approximate surface area is 749 Å². The lowest BCUT2D eigenvalue weighted by Gasteiger charge is -2.39. The summed E-state index contributed by atoms with van der Waals surface area (Å²) in [5.74, 6) is -6.02. The van der Waals surface area contributed by atoms with Crippen LogP contribution >= 0.6 is 0 Å². The number of carboxylic acid groups (broad SMARTS) is 1. The number of rotatable bonds is 41. The smallest absolute Gasteiger partial charge is 0.303 e. The first-order valence-corrected chi connectivity index (χ1v) is 46.0. The first-order chi connectivity index (χ1) is 60.0. The fourth-order valence-corrected chi connectivity index (χ4v) is 17.0. The quantitative estimate of drug-likeness (QED) is 0.0253. The number of aliphatic carboxylic acids is 1. The number of nitrogens with two attached hydrogens (primary N) is 1. The van der Waals surface area contributed by atoms with Gasteiger partial charge in [0, 0.05) is 79.4 Å². The molecule has 127 heavy (non-hydrogen) atoms. The third-order valence-corrected chi connectivity index (χ3v) is 22.9. The van der Waals surface area contributed by atoms with Crippen LogP contribution in [0.5, 0.6) is 0 Å². The summed E-state index contributed by atoms with van der Waals surface area (Å²) in [4.78, 5) is 42.8. The lowest BCUT2D eigenvalue weighted by Crippen LogP contribution is -2.59. The maximum absolute atomic E-state index is 11.0. The highest BCUT2D eigenvalue weighted by Crippen LogP contribution is 2.47. The van der Waals surface area contributed by atoms with Gasteiger partial charge in [-0.3, -0.25) is 14.4 Å². The zero-order valence-electron chi connectivity index (χ0n) is 78.6. The molecule has 0 radical (unpaired) electrons. The molecule has 13 saturated heterocycles. The van der Waals surface area contributed by atoms with Crippen LogP contribution in [-0.2, 0) is 142 Å². The summed E-state index contributed by atoms with van der Waals surface area (Å²) in [6.45, 7) is 36.5. The highest BCUT2D eigenvalue weighted by Gasteiger charge is 2.64. The van der Waals surface area contributed by atoms with E-state index in [9.17, 15) is 34.5 Å². The van der Waals surface area contributed by atoms with Gasteiger partial charge in [-0.05, 0) is 188 Å². The number of carboxylic acids is 1. The molecule has 39 nitrogen and oxygen atoms in total. The van der Waals surface area contributed by atoms with Crippen LogP contribution in [0.2, 0.25) is 0 Å². The van der Waals surface area contributed by atoms with Crippen LogP contribution in [0.4, 0.5) is 0 Å². The molecular weight excluding hydrogens is 1670 g/mol. The van der Waals surface area contributed by atoms with Crippen molar-refractivity contribution in [2.45, 2.75) is 446 Å². The van der Waals surface area contributed by atoms with Gasteiger partial charge in [-0.1, -0.05) is 38.5 Å². The number of amides is 2. The van der Waals surface area contributed by atoms with Crippen molar-refractivity contribution in [3.8, 4) is 0 Å². The Bertz CT molecular complexity index is 3210. The molecule has 0 saturated carbocycles. The predicted molar refractivity (Wildman–Crippen MR) is 449 cm³/mol. The van der Waals surface area contributed by atoms with Crippen molar-refractivity contribution in [1.29, 1.82) is 0 Å². The fraction of sp³-hybridized carbons (Fsp3) is 0.955. The minimum atomic E-state index is -1.50. The maximum Gasteiger partial charge on any atom is 0.303 e. The fourth-order valence-electron chi connectivity index (χ4n) is 17.0. The summed E-state index contributed by atoms with van der Waals surface area (Å²) in [7, 11) is 3.09. The van der Waals surface area contributed by atoms with Crippen molar-refractivity contribution < 1.29 is 173 Å². The molecule has 0 aromatic carbocycles. The molecule has 13 rings (SSSR count). The standard InChI is InChI=1S/C19H33NO7.C19H32O7.C18H30O8.C18H32O7.C13H25NO7.CH5N/c1-12(21)20-9-7-6-8-10-22-15-14(13-11-23-18(2,3)25-13)24-17-16(15)26-19(4,5)27-17;1-18(2)22-12-13(24-18)14-15(21-11-9-7-5-6-8-10-20)16-17(23-14)26-19(3,4)25-16;1-17(2)22-10-11(24-17)13-14(21-9-7-5-6-8-12(19)20)15-16(23-13)26-18(3,4)25-15;1-17(2)21-11-12(23-17)13-14(20-10-8-6-5-7-9-19)15-16(22-13)25-18(3,4)24-15;1-14-9(16)5-3-2-4-6-20-12-10(17)8(7-15)21-13(19)11(12)18;1-2/h13-17H,6-11H2,1-5H3,(H,20,21);10,13-17H,5-9,11-12H2,1-4H3;11,13-16H,5-10H2,1-4H3,(H,19,20);12-16,19H,5-11H2,1-4H3;8,10-13,15,17-19H,2-7H2,1H3,(H,14,16);2H2,1H3. The van der Waals surface area contributed by atoms with Crippen LogP contribution in [0, 0.1) is 0 Å². The monoisotopic (exact) mass is 1830 g/mol. The summed E-state index contributed by atoms with van der Waals surface area (Å²) in [6.07, 6.45) is 5.10. The van der Waals surface area contributed by atoms with Crippen LogP contribution in [0.1, 0.15) is 246 Å². The third-order valence-electron chi connectivity index (χ3n) is 22.9. The first kappa shape index (κ1) is 109. The van der Waals surface area contributed by atoms with Gasteiger partial charge < -0.3 is 175 Å². The van der Waals surface area contributed by atoms with Gasteiger partial charge in [-0.25, -0.2) is 0 Å². The van der Waals surface area contributed by atoms with Crippen molar-refractivity contribution in [1.82, 2.24) is 10.6 Å². The van der Waals surface area contributed by atoms with E-state index in [0.717, 1.165) is 103 Å². The lowest BCUT2D eigenvalue weighted by molar-refractivity contribution is -0.294. The van der Waals surface area contributed by atoms with Crippen molar-refractivity contribution in [3.63, 3.8) is 0 Å². The molecule has 10 N–H and O–H groups in total. The second kappa shape index (κ2) is 50.6. The molecule has 13 aliphatic rings. The van der Waals surface area contributed by atoms with Crippen LogP contribution < -0.4 is 16.4 Å². The number of hydrogen-bond acceptors (Lipinski definition) is 36.